The van der Waals surface area contributed by atoms with Crippen molar-refractivity contribution in [3.05, 3.63) is 143 Å². The zero-order valence-corrected chi connectivity index (χ0v) is 29.7. The van der Waals surface area contributed by atoms with Crippen molar-refractivity contribution in [2.24, 2.45) is 0 Å². The summed E-state index contributed by atoms with van der Waals surface area (Å²) in [6, 6.07) is 31.0. The summed E-state index contributed by atoms with van der Waals surface area (Å²) in [7, 11) is 0. The van der Waals surface area contributed by atoms with Crippen LogP contribution in [0.15, 0.2) is 109 Å². The van der Waals surface area contributed by atoms with E-state index in [1.54, 1.807) is 12.2 Å². The molecule has 0 bridgehead atoms. The Balaban J connectivity index is 0.802. The number of carbonyl (C=O) groups is 4. The number of benzene rings is 4. The standard InChI is InChI=1S/C44H40N2O8/c47-39(25-29-7-3-1-4-8-29)45-21-19-33-23-31(11-15-35(33)45)13-17-41(49)53-37-27-51-44-38(28-52-43(37)44)54-42(50)18-14-32-12-16-36-34(24-32)20-22-46(36)40(48)26-30-9-5-2-6-10-30/h1-18,23-24,37-38,43-44H,19-22,25-28H2/b17-13+,18-14+/t37-,38+,43-,44-/m1/s1. The Bertz CT molecular complexity index is 1960. The summed E-state index contributed by atoms with van der Waals surface area (Å²) >= 11 is 0. The van der Waals surface area contributed by atoms with Crippen LogP contribution in [-0.2, 0) is 63.8 Å². The summed E-state index contributed by atoms with van der Waals surface area (Å²) in [6.07, 6.45) is 5.95. The Morgan fingerprint density at radius 1 is 0.593 bits per heavy atom. The van der Waals surface area contributed by atoms with Crippen LogP contribution in [0.5, 0.6) is 0 Å². The monoisotopic (exact) mass is 724 g/mol. The van der Waals surface area contributed by atoms with E-state index >= 15 is 0 Å². The summed E-state index contributed by atoms with van der Waals surface area (Å²) < 4.78 is 23.1. The lowest BCUT2D eigenvalue weighted by molar-refractivity contribution is -0.149. The van der Waals surface area contributed by atoms with Crippen LogP contribution >= 0.6 is 0 Å². The van der Waals surface area contributed by atoms with Crippen LogP contribution in [0, 0.1) is 0 Å². The molecule has 0 radical (unpaired) electrons. The maximum absolute atomic E-state index is 13.0. The van der Waals surface area contributed by atoms with Crippen LogP contribution in [0.25, 0.3) is 12.2 Å². The molecule has 2 fully saturated rings. The van der Waals surface area contributed by atoms with Crippen LogP contribution in [0.1, 0.15) is 33.4 Å². The molecule has 0 N–H and O–H groups in total. The van der Waals surface area contributed by atoms with Crippen molar-refractivity contribution in [3.8, 4) is 0 Å². The number of ether oxygens (including phenoxy) is 4. The fourth-order valence-electron chi connectivity index (χ4n) is 7.64. The van der Waals surface area contributed by atoms with Crippen molar-refractivity contribution < 1.29 is 38.1 Å². The van der Waals surface area contributed by atoms with Gasteiger partial charge < -0.3 is 28.7 Å². The topological polar surface area (TPSA) is 112 Å². The minimum atomic E-state index is -0.638. The lowest BCUT2D eigenvalue weighted by atomic mass is 10.1. The van der Waals surface area contributed by atoms with E-state index < -0.39 is 36.4 Å². The highest BCUT2D eigenvalue weighted by atomic mass is 16.7. The number of nitrogens with zero attached hydrogens (tertiary/aromatic N) is 2. The molecule has 274 valence electrons. The van der Waals surface area contributed by atoms with Gasteiger partial charge in [-0.15, -0.1) is 0 Å². The Kier molecular flexibility index (Phi) is 10.2. The molecule has 4 aliphatic rings. The quantitative estimate of drug-likeness (QED) is 0.160. The maximum atomic E-state index is 13.0. The number of hydrogen-bond acceptors (Lipinski definition) is 8. The highest BCUT2D eigenvalue weighted by Crippen LogP contribution is 2.33. The molecule has 10 nitrogen and oxygen atoms in total. The van der Waals surface area contributed by atoms with Gasteiger partial charge in [0.05, 0.1) is 26.1 Å². The molecule has 0 saturated carbocycles. The molecule has 2 amide bonds. The van der Waals surface area contributed by atoms with Gasteiger partial charge in [-0.25, -0.2) is 9.59 Å². The first-order valence-corrected chi connectivity index (χ1v) is 18.3. The van der Waals surface area contributed by atoms with Crippen LogP contribution in [0.3, 0.4) is 0 Å². The fourth-order valence-corrected chi connectivity index (χ4v) is 7.64. The molecule has 0 aliphatic carbocycles. The number of rotatable bonds is 10. The van der Waals surface area contributed by atoms with E-state index in [0.29, 0.717) is 25.9 Å². The van der Waals surface area contributed by atoms with E-state index in [9.17, 15) is 19.2 Å². The average Bonchev–Trinajstić information content (AvgIpc) is 3.99. The molecule has 0 aromatic heterocycles. The van der Waals surface area contributed by atoms with E-state index in [1.807, 2.05) is 107 Å². The maximum Gasteiger partial charge on any atom is 0.331 e. The van der Waals surface area contributed by atoms with Crippen molar-refractivity contribution in [1.29, 1.82) is 0 Å². The Hall–Kier alpha value is -5.84. The zero-order valence-electron chi connectivity index (χ0n) is 29.7. The summed E-state index contributed by atoms with van der Waals surface area (Å²) in [5.41, 5.74) is 7.54. The number of amides is 2. The first-order chi connectivity index (χ1) is 26.4. The van der Waals surface area contributed by atoms with Gasteiger partial charge >= 0.3 is 11.9 Å². The minimum Gasteiger partial charge on any atom is -0.454 e. The zero-order chi connectivity index (χ0) is 37.0. The second kappa shape index (κ2) is 15.6. The van der Waals surface area contributed by atoms with Gasteiger partial charge in [-0.2, -0.15) is 0 Å². The highest BCUT2D eigenvalue weighted by Gasteiger charge is 2.51. The second-order valence-electron chi connectivity index (χ2n) is 13.9. The SMILES string of the molecule is O=C(/C=C/c1ccc2c(c1)CCN2C(=O)Cc1ccccc1)O[C@H]1CO[C@H]2[C@@H]1OC[C@H]2OC(=O)/C=C/c1ccc2c(c1)CCN2C(=O)Cc1ccccc1. The van der Waals surface area contributed by atoms with Crippen LogP contribution in [-0.4, -0.2) is 74.5 Å². The number of anilines is 2. The molecule has 4 aromatic carbocycles. The summed E-state index contributed by atoms with van der Waals surface area (Å²) in [5, 5.41) is 0. The van der Waals surface area contributed by atoms with Gasteiger partial charge in [0.15, 0.2) is 12.2 Å². The van der Waals surface area contributed by atoms with Crippen molar-refractivity contribution in [3.63, 3.8) is 0 Å². The Morgan fingerprint density at radius 2 is 1.02 bits per heavy atom. The van der Waals surface area contributed by atoms with E-state index in [0.717, 1.165) is 57.6 Å². The van der Waals surface area contributed by atoms with E-state index in [1.165, 1.54) is 12.2 Å². The van der Waals surface area contributed by atoms with E-state index in [-0.39, 0.29) is 25.0 Å². The third-order valence-electron chi connectivity index (χ3n) is 10.3. The molecule has 4 aliphatic heterocycles. The summed E-state index contributed by atoms with van der Waals surface area (Å²) in [6.45, 7) is 1.51. The molecule has 54 heavy (non-hydrogen) atoms. The molecule has 4 heterocycles. The van der Waals surface area contributed by atoms with Gasteiger partial charge in [-0.05, 0) is 82.6 Å². The molecule has 0 spiro atoms. The molecular weight excluding hydrogens is 684 g/mol. The smallest absolute Gasteiger partial charge is 0.331 e. The molecule has 4 aromatic rings. The summed E-state index contributed by atoms with van der Waals surface area (Å²) in [4.78, 5) is 55.2. The minimum absolute atomic E-state index is 0.0593. The molecule has 4 atom stereocenters. The number of carbonyl (C=O) groups excluding carboxylic acids is 4. The number of fused-ring (bicyclic) bond motifs is 3. The molecule has 10 heteroatoms. The molecular formula is C44H40N2O8. The van der Waals surface area contributed by atoms with Crippen LogP contribution in [0.2, 0.25) is 0 Å². The average molecular weight is 725 g/mol. The summed E-state index contributed by atoms with van der Waals surface area (Å²) in [5.74, 6) is -0.947. The number of esters is 2. The third kappa shape index (κ3) is 7.76. The van der Waals surface area contributed by atoms with Crippen LogP contribution in [0.4, 0.5) is 11.4 Å². The van der Waals surface area contributed by atoms with Gasteiger partial charge in [0.1, 0.15) is 12.2 Å². The van der Waals surface area contributed by atoms with E-state index in [4.69, 9.17) is 18.9 Å². The fraction of sp³-hybridized carbons (Fsp3) is 0.273. The van der Waals surface area contributed by atoms with Gasteiger partial charge in [0.2, 0.25) is 11.8 Å². The normalized spacial score (nSPS) is 21.3. The predicted molar refractivity (Wildman–Crippen MR) is 203 cm³/mol. The highest BCUT2D eigenvalue weighted by molar-refractivity contribution is 5.98. The van der Waals surface area contributed by atoms with Gasteiger partial charge in [-0.1, -0.05) is 72.8 Å². The van der Waals surface area contributed by atoms with Crippen molar-refractivity contribution in [2.75, 3.05) is 36.1 Å². The van der Waals surface area contributed by atoms with Crippen molar-refractivity contribution in [2.45, 2.75) is 50.1 Å². The van der Waals surface area contributed by atoms with Crippen molar-refractivity contribution >= 4 is 47.3 Å². The predicted octanol–water partition coefficient (Wildman–Crippen LogP) is 5.30. The number of hydrogen-bond donors (Lipinski definition) is 0. The third-order valence-corrected chi connectivity index (χ3v) is 10.3. The van der Waals surface area contributed by atoms with Gasteiger partial charge in [0, 0.05) is 36.6 Å². The Morgan fingerprint density at radius 3 is 1.44 bits per heavy atom. The lowest BCUT2D eigenvalue weighted by Crippen LogP contribution is -2.35. The van der Waals surface area contributed by atoms with Gasteiger partial charge in [-0.3, -0.25) is 9.59 Å². The van der Waals surface area contributed by atoms with Crippen LogP contribution < -0.4 is 9.80 Å². The Labute approximate surface area is 313 Å². The second-order valence-corrected chi connectivity index (χ2v) is 13.9. The lowest BCUT2D eigenvalue weighted by Gasteiger charge is -2.17. The van der Waals surface area contributed by atoms with E-state index in [2.05, 4.69) is 0 Å². The first-order valence-electron chi connectivity index (χ1n) is 18.3. The largest absolute Gasteiger partial charge is 0.454 e. The first kappa shape index (κ1) is 35.2. The van der Waals surface area contributed by atoms with Crippen molar-refractivity contribution in [1.82, 2.24) is 0 Å². The molecule has 0 unspecified atom stereocenters. The molecule has 2 saturated heterocycles. The molecule has 8 rings (SSSR count). The van der Waals surface area contributed by atoms with Gasteiger partial charge in [0.25, 0.3) is 0 Å².